The van der Waals surface area contributed by atoms with Crippen molar-refractivity contribution in [2.45, 2.75) is 17.8 Å². The van der Waals surface area contributed by atoms with Gasteiger partial charge in [0.1, 0.15) is 0 Å². The first-order valence-corrected chi connectivity index (χ1v) is 22.5. The van der Waals surface area contributed by atoms with Crippen LogP contribution in [-0.4, -0.2) is 0 Å². The molecule has 1 heteroatoms. The Labute approximate surface area is 374 Å². The van der Waals surface area contributed by atoms with Crippen LogP contribution in [0.2, 0.25) is 0 Å². The molecular formula is C63H41N. The Morgan fingerprint density at radius 3 is 1.47 bits per heavy atom. The van der Waals surface area contributed by atoms with Crippen molar-refractivity contribution in [2.24, 2.45) is 0 Å². The minimum atomic E-state index is -0.540. The first-order valence-electron chi connectivity index (χ1n) is 22.5. The van der Waals surface area contributed by atoms with E-state index in [9.17, 15) is 0 Å². The summed E-state index contributed by atoms with van der Waals surface area (Å²) < 4.78 is 0. The van der Waals surface area contributed by atoms with Crippen molar-refractivity contribution in [1.29, 1.82) is 0 Å². The van der Waals surface area contributed by atoms with Crippen molar-refractivity contribution in [3.8, 4) is 66.8 Å². The van der Waals surface area contributed by atoms with Crippen molar-refractivity contribution in [3.63, 3.8) is 0 Å². The lowest BCUT2D eigenvalue weighted by Gasteiger charge is -2.33. The van der Waals surface area contributed by atoms with E-state index < -0.39 is 10.8 Å². The van der Waals surface area contributed by atoms with Gasteiger partial charge in [-0.2, -0.15) is 0 Å². The number of benzene rings is 10. The molecule has 2 atom stereocenters. The minimum absolute atomic E-state index is 0.392. The highest BCUT2D eigenvalue weighted by atomic mass is 15.1. The van der Waals surface area contributed by atoms with Gasteiger partial charge in [-0.1, -0.05) is 188 Å². The standard InChI is InChI=1S/C63H41N/c1-62-45-29-35-57-54(37-45)50-20-9-12-22-56(50)63(57)59-36-44(42-26-24-41(25-27-42)40-14-4-2-5-15-40)28-32-52(59)53-34-31-47(39-60(53)63)64(61-23-13-10-18-48(61)43-16-6-3-7-17-43)46-30-33-51(58(62)38-46)49-19-8-11-21-55(49)62/h2-39H,1H3. The summed E-state index contributed by atoms with van der Waals surface area (Å²) in [5.74, 6) is 0. The SMILES string of the molecule is CC12c3ccc4c(c3)-c3ccccc3C43c4cc(-c5ccc(-c6ccccc6)cc5)ccc4-c4ccc(cc43)N(c3ccccc3-c3ccccc3)c3ccc(c1c3)-c1ccccc12. The molecule has 64 heavy (non-hydrogen) atoms. The first-order chi connectivity index (χ1) is 31.6. The third kappa shape index (κ3) is 4.63. The number of hydrogen-bond acceptors (Lipinski definition) is 1. The average molecular weight is 812 g/mol. The zero-order valence-corrected chi connectivity index (χ0v) is 35.4. The molecule has 3 aliphatic carbocycles. The van der Waals surface area contributed by atoms with E-state index in [4.69, 9.17) is 0 Å². The van der Waals surface area contributed by atoms with Crippen LogP contribution in [0.3, 0.4) is 0 Å². The molecule has 298 valence electrons. The summed E-state index contributed by atoms with van der Waals surface area (Å²) in [6, 6.07) is 87.2. The third-order valence-corrected chi connectivity index (χ3v) is 15.1. The Bertz CT molecular complexity index is 3560. The van der Waals surface area contributed by atoms with Gasteiger partial charge in [0.05, 0.1) is 11.1 Å². The fourth-order valence-corrected chi connectivity index (χ4v) is 12.2. The summed E-state index contributed by atoms with van der Waals surface area (Å²) in [5, 5.41) is 0. The van der Waals surface area contributed by atoms with Gasteiger partial charge in [-0.05, 0) is 150 Å². The van der Waals surface area contributed by atoms with Crippen LogP contribution in [0.1, 0.15) is 45.9 Å². The number of nitrogens with zero attached hydrogens (tertiary/aromatic N) is 1. The van der Waals surface area contributed by atoms with E-state index in [-0.39, 0.29) is 0 Å². The number of anilines is 3. The van der Waals surface area contributed by atoms with Crippen LogP contribution in [-0.2, 0) is 10.8 Å². The van der Waals surface area contributed by atoms with E-state index in [1.807, 2.05) is 0 Å². The molecule has 5 aliphatic rings. The Hall–Kier alpha value is -8.00. The van der Waals surface area contributed by atoms with E-state index in [1.54, 1.807) is 0 Å². The van der Waals surface area contributed by atoms with Crippen molar-refractivity contribution in [2.75, 3.05) is 4.90 Å². The van der Waals surface area contributed by atoms with Gasteiger partial charge >= 0.3 is 0 Å². The van der Waals surface area contributed by atoms with Crippen LogP contribution in [0.25, 0.3) is 66.8 Å². The Balaban J connectivity index is 1.08. The molecule has 10 aromatic carbocycles. The molecule has 0 aromatic heterocycles. The van der Waals surface area contributed by atoms with E-state index in [0.717, 1.165) is 17.1 Å². The Morgan fingerprint density at radius 1 is 0.281 bits per heavy atom. The molecule has 0 saturated carbocycles. The summed E-state index contributed by atoms with van der Waals surface area (Å²) in [6.07, 6.45) is 0. The van der Waals surface area contributed by atoms with Crippen LogP contribution in [0.15, 0.2) is 231 Å². The Morgan fingerprint density at radius 2 is 0.750 bits per heavy atom. The molecule has 0 N–H and O–H groups in total. The zero-order chi connectivity index (χ0) is 42.1. The number of rotatable bonds is 4. The van der Waals surface area contributed by atoms with Crippen molar-refractivity contribution < 1.29 is 0 Å². The maximum absolute atomic E-state index is 2.55. The second kappa shape index (κ2) is 13.0. The first kappa shape index (κ1) is 35.6. The molecule has 0 radical (unpaired) electrons. The third-order valence-electron chi connectivity index (χ3n) is 15.1. The molecule has 1 nitrogen and oxygen atoms in total. The average Bonchev–Trinajstić information content (AvgIpc) is 3.93. The highest BCUT2D eigenvalue weighted by molar-refractivity contribution is 5.99. The van der Waals surface area contributed by atoms with Crippen LogP contribution >= 0.6 is 0 Å². The van der Waals surface area contributed by atoms with E-state index in [2.05, 4.69) is 242 Å². The summed E-state index contributed by atoms with van der Waals surface area (Å²) in [7, 11) is 0. The Kier molecular flexibility index (Phi) is 7.24. The topological polar surface area (TPSA) is 3.24 Å². The van der Waals surface area contributed by atoms with Crippen LogP contribution < -0.4 is 4.90 Å². The predicted octanol–water partition coefficient (Wildman–Crippen LogP) is 16.1. The van der Waals surface area contributed by atoms with Crippen LogP contribution in [0.5, 0.6) is 0 Å². The van der Waals surface area contributed by atoms with Crippen molar-refractivity contribution in [3.05, 3.63) is 269 Å². The summed E-state index contributed by atoms with van der Waals surface area (Å²) in [4.78, 5) is 2.53. The summed E-state index contributed by atoms with van der Waals surface area (Å²) >= 11 is 0. The molecule has 2 aliphatic heterocycles. The van der Waals surface area contributed by atoms with Crippen LogP contribution in [0.4, 0.5) is 17.1 Å². The molecule has 2 heterocycles. The second-order valence-electron chi connectivity index (χ2n) is 18.1. The molecule has 1 spiro atoms. The second-order valence-corrected chi connectivity index (χ2v) is 18.1. The van der Waals surface area contributed by atoms with Gasteiger partial charge in [0.25, 0.3) is 0 Å². The molecule has 10 aromatic rings. The molecule has 15 rings (SSSR count). The van der Waals surface area contributed by atoms with Gasteiger partial charge in [0.2, 0.25) is 0 Å². The lowest BCUT2D eigenvalue weighted by Crippen LogP contribution is -2.26. The van der Waals surface area contributed by atoms with Gasteiger partial charge in [0.15, 0.2) is 0 Å². The van der Waals surface area contributed by atoms with Crippen molar-refractivity contribution in [1.82, 2.24) is 0 Å². The number of para-hydroxylation sites is 1. The predicted molar refractivity (Wildman–Crippen MR) is 265 cm³/mol. The molecule has 8 bridgehead atoms. The fourth-order valence-electron chi connectivity index (χ4n) is 12.2. The fraction of sp³-hybridized carbons (Fsp3) is 0.0476. The lowest BCUT2D eigenvalue weighted by molar-refractivity contribution is 0.712. The van der Waals surface area contributed by atoms with Gasteiger partial charge < -0.3 is 4.90 Å². The molecular weight excluding hydrogens is 771 g/mol. The van der Waals surface area contributed by atoms with Gasteiger partial charge in [-0.15, -0.1) is 0 Å². The van der Waals surface area contributed by atoms with Gasteiger partial charge in [0, 0.05) is 22.4 Å². The van der Waals surface area contributed by atoms with E-state index >= 15 is 0 Å². The maximum atomic E-state index is 2.55. The quantitative estimate of drug-likeness (QED) is 0.171. The minimum Gasteiger partial charge on any atom is -0.310 e. The van der Waals surface area contributed by atoms with Crippen LogP contribution in [0, 0.1) is 0 Å². The molecule has 0 amide bonds. The van der Waals surface area contributed by atoms with E-state index in [0.29, 0.717) is 0 Å². The van der Waals surface area contributed by atoms with E-state index in [1.165, 1.54) is 106 Å². The smallest absolute Gasteiger partial charge is 0.0726 e. The largest absolute Gasteiger partial charge is 0.310 e. The lowest BCUT2D eigenvalue weighted by atomic mass is 9.69. The monoisotopic (exact) mass is 811 g/mol. The normalized spacial score (nSPS) is 17.5. The number of fused-ring (bicyclic) bond motifs is 6. The molecule has 2 unspecified atom stereocenters. The molecule has 0 fully saturated rings. The summed E-state index contributed by atoms with van der Waals surface area (Å²) in [5.41, 5.74) is 27.0. The molecule has 0 saturated heterocycles. The maximum Gasteiger partial charge on any atom is 0.0726 e. The van der Waals surface area contributed by atoms with Gasteiger partial charge in [-0.25, -0.2) is 0 Å². The zero-order valence-electron chi connectivity index (χ0n) is 35.4. The number of hydrogen-bond donors (Lipinski definition) is 0. The highest BCUT2D eigenvalue weighted by Gasteiger charge is 2.53. The van der Waals surface area contributed by atoms with Gasteiger partial charge in [-0.3, -0.25) is 0 Å². The van der Waals surface area contributed by atoms with Crippen molar-refractivity contribution >= 4 is 17.1 Å². The highest BCUT2D eigenvalue weighted by Crippen LogP contribution is 2.65. The summed E-state index contributed by atoms with van der Waals surface area (Å²) in [6.45, 7) is 2.46.